The first-order valence-electron chi connectivity index (χ1n) is 6.65. The van der Waals surface area contributed by atoms with Gasteiger partial charge in [0.1, 0.15) is 5.54 Å². The molecule has 1 heterocycles. The van der Waals surface area contributed by atoms with Crippen LogP contribution in [0.3, 0.4) is 0 Å². The van der Waals surface area contributed by atoms with Gasteiger partial charge in [0.25, 0.3) is 0 Å². The van der Waals surface area contributed by atoms with Gasteiger partial charge in [-0.15, -0.1) is 0 Å². The number of nitrogens with one attached hydrogen (secondary N) is 1. The minimum absolute atomic E-state index is 0.270. The Hall–Kier alpha value is -0.630. The molecule has 4 heteroatoms. The van der Waals surface area contributed by atoms with Crippen molar-refractivity contribution >= 4 is 0 Å². The van der Waals surface area contributed by atoms with E-state index < -0.39 is 0 Å². The summed E-state index contributed by atoms with van der Waals surface area (Å²) in [6.07, 6.45) is 3.13. The molecule has 0 aromatic heterocycles. The molecule has 0 aromatic carbocycles. The molecular weight excluding hydrogens is 212 g/mol. The second-order valence-corrected chi connectivity index (χ2v) is 5.69. The van der Waals surface area contributed by atoms with Gasteiger partial charge in [0.2, 0.25) is 0 Å². The highest BCUT2D eigenvalue weighted by atomic mass is 15.3. The Morgan fingerprint density at radius 2 is 2.18 bits per heavy atom. The van der Waals surface area contributed by atoms with Crippen LogP contribution in [0.1, 0.15) is 26.2 Å². The van der Waals surface area contributed by atoms with Crippen molar-refractivity contribution in [3.05, 3.63) is 0 Å². The fourth-order valence-electron chi connectivity index (χ4n) is 3.38. The molecule has 1 saturated heterocycles. The fourth-order valence-corrected chi connectivity index (χ4v) is 3.38. The first kappa shape index (κ1) is 12.8. The number of hydrogen-bond donors (Lipinski definition) is 1. The number of nitriles is 1. The van der Waals surface area contributed by atoms with Crippen molar-refractivity contribution in [1.82, 2.24) is 15.1 Å². The zero-order chi connectivity index (χ0) is 12.5. The summed E-state index contributed by atoms with van der Waals surface area (Å²) in [4.78, 5) is 5.00. The molecule has 1 aliphatic heterocycles. The van der Waals surface area contributed by atoms with E-state index in [1.165, 1.54) is 0 Å². The Bertz CT molecular complexity index is 311. The third kappa shape index (κ3) is 2.47. The Labute approximate surface area is 105 Å². The first-order chi connectivity index (χ1) is 8.10. The molecule has 0 radical (unpaired) electrons. The number of likely N-dealkylation sites (N-methyl/N-ethyl adjacent to an activating group) is 1. The quantitative estimate of drug-likeness (QED) is 0.765. The van der Waals surface area contributed by atoms with Gasteiger partial charge in [0.05, 0.1) is 6.07 Å². The minimum atomic E-state index is -0.270. The van der Waals surface area contributed by atoms with Crippen LogP contribution in [0.5, 0.6) is 0 Å². The van der Waals surface area contributed by atoms with Crippen molar-refractivity contribution in [2.24, 2.45) is 0 Å². The highest BCUT2D eigenvalue weighted by Gasteiger charge is 2.42. The molecule has 2 aliphatic rings. The van der Waals surface area contributed by atoms with E-state index in [4.69, 9.17) is 0 Å². The van der Waals surface area contributed by atoms with Gasteiger partial charge >= 0.3 is 0 Å². The monoisotopic (exact) mass is 236 g/mol. The standard InChI is InChI=1S/C13H24N4/c1-11-9-16(3)6-7-17(11)12-4-5-13(8-12,10-14)15-2/h11-12,15H,4-9H2,1-3H3. The largest absolute Gasteiger partial charge is 0.304 e. The first-order valence-corrected chi connectivity index (χ1v) is 6.65. The molecule has 1 saturated carbocycles. The van der Waals surface area contributed by atoms with Crippen molar-refractivity contribution in [3.8, 4) is 6.07 Å². The number of nitrogens with zero attached hydrogens (tertiary/aromatic N) is 3. The van der Waals surface area contributed by atoms with Crippen molar-refractivity contribution in [3.63, 3.8) is 0 Å². The summed E-state index contributed by atoms with van der Waals surface area (Å²) in [5, 5.41) is 12.5. The molecule has 4 nitrogen and oxygen atoms in total. The van der Waals surface area contributed by atoms with E-state index in [-0.39, 0.29) is 5.54 Å². The lowest BCUT2D eigenvalue weighted by Crippen LogP contribution is -2.54. The maximum Gasteiger partial charge on any atom is 0.108 e. The van der Waals surface area contributed by atoms with Crippen LogP contribution in [0.4, 0.5) is 0 Å². The van der Waals surface area contributed by atoms with E-state index in [0.29, 0.717) is 12.1 Å². The summed E-state index contributed by atoms with van der Waals surface area (Å²) in [7, 11) is 4.11. The number of hydrogen-bond acceptors (Lipinski definition) is 4. The molecule has 1 aliphatic carbocycles. The lowest BCUT2D eigenvalue weighted by molar-refractivity contribution is 0.0615. The maximum absolute atomic E-state index is 9.30. The second-order valence-electron chi connectivity index (χ2n) is 5.69. The van der Waals surface area contributed by atoms with Crippen molar-refractivity contribution in [2.45, 2.75) is 43.8 Å². The molecule has 96 valence electrons. The van der Waals surface area contributed by atoms with E-state index in [1.54, 1.807) is 0 Å². The van der Waals surface area contributed by atoms with Crippen molar-refractivity contribution < 1.29 is 0 Å². The highest BCUT2D eigenvalue weighted by molar-refractivity contribution is 5.13. The predicted octanol–water partition coefficient (Wildman–Crippen LogP) is 0.657. The summed E-state index contributed by atoms with van der Waals surface area (Å²) in [6.45, 7) is 5.75. The van der Waals surface area contributed by atoms with Gasteiger partial charge in [0, 0.05) is 31.7 Å². The van der Waals surface area contributed by atoms with Crippen molar-refractivity contribution in [1.29, 1.82) is 5.26 Å². The molecule has 1 N–H and O–H groups in total. The van der Waals surface area contributed by atoms with E-state index in [2.05, 4.69) is 35.2 Å². The molecule has 0 amide bonds. The molecule has 3 unspecified atom stereocenters. The maximum atomic E-state index is 9.30. The summed E-state index contributed by atoms with van der Waals surface area (Å²) < 4.78 is 0. The fraction of sp³-hybridized carbons (Fsp3) is 0.923. The van der Waals surface area contributed by atoms with Crippen LogP contribution >= 0.6 is 0 Å². The molecule has 2 fully saturated rings. The van der Waals surface area contributed by atoms with E-state index in [1.807, 2.05) is 7.05 Å². The molecule has 0 aromatic rings. The molecule has 0 spiro atoms. The predicted molar refractivity (Wildman–Crippen MR) is 68.7 cm³/mol. The van der Waals surface area contributed by atoms with Crippen LogP contribution in [0.2, 0.25) is 0 Å². The summed E-state index contributed by atoms with van der Waals surface area (Å²) >= 11 is 0. The smallest absolute Gasteiger partial charge is 0.108 e. The third-order valence-electron chi connectivity index (χ3n) is 4.53. The van der Waals surface area contributed by atoms with Crippen LogP contribution in [0, 0.1) is 11.3 Å². The zero-order valence-corrected chi connectivity index (χ0v) is 11.2. The summed E-state index contributed by atoms with van der Waals surface area (Å²) in [5.74, 6) is 0. The lowest BCUT2D eigenvalue weighted by Gasteiger charge is -2.42. The highest BCUT2D eigenvalue weighted by Crippen LogP contribution is 2.33. The van der Waals surface area contributed by atoms with E-state index in [9.17, 15) is 5.26 Å². The van der Waals surface area contributed by atoms with Crippen LogP contribution in [0.25, 0.3) is 0 Å². The normalized spacial score (nSPS) is 40.4. The molecular formula is C13H24N4. The minimum Gasteiger partial charge on any atom is -0.304 e. The van der Waals surface area contributed by atoms with Crippen LogP contribution in [-0.2, 0) is 0 Å². The number of rotatable bonds is 2. The molecule has 2 rings (SSSR count). The van der Waals surface area contributed by atoms with Gasteiger partial charge in [-0.05, 0) is 40.3 Å². The Kier molecular flexibility index (Phi) is 3.72. The lowest BCUT2D eigenvalue weighted by atomic mass is 9.99. The zero-order valence-electron chi connectivity index (χ0n) is 11.2. The van der Waals surface area contributed by atoms with Gasteiger partial charge < -0.3 is 10.2 Å². The average molecular weight is 236 g/mol. The van der Waals surface area contributed by atoms with Crippen LogP contribution < -0.4 is 5.32 Å². The molecule has 0 bridgehead atoms. The Morgan fingerprint density at radius 3 is 2.71 bits per heavy atom. The molecule has 17 heavy (non-hydrogen) atoms. The third-order valence-corrected chi connectivity index (χ3v) is 4.53. The van der Waals surface area contributed by atoms with Gasteiger partial charge in [0.15, 0.2) is 0 Å². The molecule has 3 atom stereocenters. The Morgan fingerprint density at radius 1 is 1.41 bits per heavy atom. The van der Waals surface area contributed by atoms with E-state index >= 15 is 0 Å². The van der Waals surface area contributed by atoms with Gasteiger partial charge in [-0.25, -0.2) is 0 Å². The topological polar surface area (TPSA) is 42.3 Å². The van der Waals surface area contributed by atoms with Crippen molar-refractivity contribution in [2.75, 3.05) is 33.7 Å². The van der Waals surface area contributed by atoms with Gasteiger partial charge in [-0.3, -0.25) is 4.90 Å². The summed E-state index contributed by atoms with van der Waals surface area (Å²) in [6, 6.07) is 3.68. The number of piperazine rings is 1. The van der Waals surface area contributed by atoms with Gasteiger partial charge in [-0.1, -0.05) is 0 Å². The average Bonchev–Trinajstić information content (AvgIpc) is 2.74. The van der Waals surface area contributed by atoms with Crippen LogP contribution in [0.15, 0.2) is 0 Å². The Balaban J connectivity index is 1.99. The SMILES string of the molecule is CNC1(C#N)CCC(N2CCN(C)CC2C)C1. The van der Waals surface area contributed by atoms with Crippen LogP contribution in [-0.4, -0.2) is 61.2 Å². The van der Waals surface area contributed by atoms with Gasteiger partial charge in [-0.2, -0.15) is 5.26 Å². The summed E-state index contributed by atoms with van der Waals surface area (Å²) in [5.41, 5.74) is -0.270. The van der Waals surface area contributed by atoms with E-state index in [0.717, 1.165) is 38.9 Å². The second kappa shape index (κ2) is 4.93.